The molecular weight excluding hydrogens is 279 g/mol. The van der Waals surface area contributed by atoms with Crippen LogP contribution in [0.2, 0.25) is 5.02 Å². The number of nitriles is 1. The Morgan fingerprint density at radius 3 is 2.73 bits per heavy atom. The van der Waals surface area contributed by atoms with Gasteiger partial charge in [0.25, 0.3) is 5.56 Å². The highest BCUT2D eigenvalue weighted by Crippen LogP contribution is 2.23. The summed E-state index contributed by atoms with van der Waals surface area (Å²) in [6.45, 7) is 4.57. The summed E-state index contributed by atoms with van der Waals surface area (Å²) >= 11 is 9.04. The molecule has 1 heterocycles. The van der Waals surface area contributed by atoms with Gasteiger partial charge in [-0.2, -0.15) is 5.26 Å². The largest absolute Gasteiger partial charge is 0.313 e. The molecule has 0 unspecified atom stereocenters. The molecule has 15 heavy (non-hydrogen) atoms. The summed E-state index contributed by atoms with van der Waals surface area (Å²) in [5.74, 6) is 0.335. The zero-order valence-corrected chi connectivity index (χ0v) is 10.8. The first kappa shape index (κ1) is 12.3. The number of halogens is 2. The maximum atomic E-state index is 11.7. The monoisotopic (exact) mass is 288 g/mol. The molecular formula is C10H10BrClN2O. The van der Waals surface area contributed by atoms with E-state index >= 15 is 0 Å². The first-order valence-electron chi connectivity index (χ1n) is 4.46. The van der Waals surface area contributed by atoms with Crippen molar-refractivity contribution in [3.8, 4) is 6.07 Å². The molecule has 0 aliphatic heterocycles. The third-order valence-corrected chi connectivity index (χ3v) is 3.07. The van der Waals surface area contributed by atoms with Crippen molar-refractivity contribution in [2.24, 2.45) is 5.92 Å². The van der Waals surface area contributed by atoms with E-state index in [4.69, 9.17) is 16.9 Å². The predicted molar refractivity (Wildman–Crippen MR) is 63.0 cm³/mol. The van der Waals surface area contributed by atoms with Crippen LogP contribution in [0.1, 0.15) is 19.4 Å². The molecule has 0 aromatic carbocycles. The van der Waals surface area contributed by atoms with Gasteiger partial charge in [0, 0.05) is 12.7 Å². The summed E-state index contributed by atoms with van der Waals surface area (Å²) in [4.78, 5) is 11.7. The molecule has 0 aliphatic carbocycles. The van der Waals surface area contributed by atoms with Crippen molar-refractivity contribution in [3.63, 3.8) is 0 Å². The number of aromatic nitrogens is 1. The second-order valence-corrected chi connectivity index (χ2v) is 4.86. The number of nitrogens with zero attached hydrogens (tertiary/aromatic N) is 2. The van der Waals surface area contributed by atoms with Gasteiger partial charge < -0.3 is 4.57 Å². The van der Waals surface area contributed by atoms with Gasteiger partial charge in [0.1, 0.15) is 11.6 Å². The molecule has 0 radical (unpaired) electrons. The molecule has 0 spiro atoms. The molecule has 0 saturated heterocycles. The molecule has 80 valence electrons. The summed E-state index contributed by atoms with van der Waals surface area (Å²) in [5.41, 5.74) is -0.342. The highest BCUT2D eigenvalue weighted by molar-refractivity contribution is 9.10. The van der Waals surface area contributed by atoms with Crippen LogP contribution < -0.4 is 5.56 Å². The summed E-state index contributed by atoms with van der Waals surface area (Å²) in [7, 11) is 0. The Labute approximate surface area is 101 Å². The van der Waals surface area contributed by atoms with Crippen molar-refractivity contribution in [1.82, 2.24) is 4.57 Å². The Morgan fingerprint density at radius 2 is 2.27 bits per heavy atom. The van der Waals surface area contributed by atoms with Gasteiger partial charge in [0.2, 0.25) is 0 Å². The van der Waals surface area contributed by atoms with Crippen LogP contribution >= 0.6 is 27.5 Å². The molecule has 0 fully saturated rings. The molecule has 0 bridgehead atoms. The molecule has 3 nitrogen and oxygen atoms in total. The minimum Gasteiger partial charge on any atom is -0.313 e. The van der Waals surface area contributed by atoms with Crippen molar-refractivity contribution >= 4 is 27.5 Å². The van der Waals surface area contributed by atoms with Gasteiger partial charge in [0.05, 0.1) is 9.50 Å². The summed E-state index contributed by atoms with van der Waals surface area (Å²) in [5, 5.41) is 9.00. The van der Waals surface area contributed by atoms with Crippen molar-refractivity contribution < 1.29 is 0 Å². The fourth-order valence-electron chi connectivity index (χ4n) is 1.23. The molecule has 5 heteroatoms. The lowest BCUT2D eigenvalue weighted by Gasteiger charge is -2.10. The number of rotatable bonds is 2. The van der Waals surface area contributed by atoms with Crippen LogP contribution in [0, 0.1) is 17.2 Å². The predicted octanol–water partition coefficient (Wildman–Crippen LogP) is 2.79. The molecule has 0 amide bonds. The normalized spacial score (nSPS) is 10.4. The van der Waals surface area contributed by atoms with E-state index in [-0.39, 0.29) is 16.1 Å². The Balaban J connectivity index is 3.39. The minimum absolute atomic E-state index is 0.00769. The van der Waals surface area contributed by atoms with Gasteiger partial charge in [-0.05, 0) is 21.8 Å². The second-order valence-electron chi connectivity index (χ2n) is 3.63. The fourth-order valence-corrected chi connectivity index (χ4v) is 1.85. The topological polar surface area (TPSA) is 45.8 Å². The third kappa shape index (κ3) is 2.61. The van der Waals surface area contributed by atoms with Crippen LogP contribution in [0.25, 0.3) is 0 Å². The lowest BCUT2D eigenvalue weighted by molar-refractivity contribution is 0.509. The van der Waals surface area contributed by atoms with E-state index in [1.807, 2.05) is 19.9 Å². The zero-order chi connectivity index (χ0) is 11.6. The third-order valence-electron chi connectivity index (χ3n) is 1.85. The Kier molecular flexibility index (Phi) is 3.95. The zero-order valence-electron chi connectivity index (χ0n) is 8.42. The Hall–Kier alpha value is -0.790. The minimum atomic E-state index is -0.334. The van der Waals surface area contributed by atoms with E-state index in [9.17, 15) is 4.79 Å². The van der Waals surface area contributed by atoms with Gasteiger partial charge >= 0.3 is 0 Å². The van der Waals surface area contributed by atoms with Crippen LogP contribution in [-0.4, -0.2) is 4.57 Å². The highest BCUT2D eigenvalue weighted by Gasteiger charge is 2.12. The van der Waals surface area contributed by atoms with E-state index in [0.29, 0.717) is 16.9 Å². The smallest absolute Gasteiger partial charge is 0.270 e. The van der Waals surface area contributed by atoms with E-state index in [1.54, 1.807) is 6.20 Å². The van der Waals surface area contributed by atoms with E-state index in [1.165, 1.54) is 4.57 Å². The molecule has 0 saturated carbocycles. The maximum absolute atomic E-state index is 11.7. The number of hydrogen-bond acceptors (Lipinski definition) is 2. The first-order valence-corrected chi connectivity index (χ1v) is 5.63. The van der Waals surface area contributed by atoms with Gasteiger partial charge in [-0.3, -0.25) is 4.79 Å². The summed E-state index contributed by atoms with van der Waals surface area (Å²) < 4.78 is 2.07. The highest BCUT2D eigenvalue weighted by atomic mass is 79.9. The van der Waals surface area contributed by atoms with Crippen molar-refractivity contribution in [2.45, 2.75) is 20.4 Å². The van der Waals surface area contributed by atoms with Crippen LogP contribution in [0.5, 0.6) is 0 Å². The van der Waals surface area contributed by atoms with Gasteiger partial charge in [-0.1, -0.05) is 25.4 Å². The van der Waals surface area contributed by atoms with E-state index in [2.05, 4.69) is 15.9 Å². The SMILES string of the molecule is CC(C)Cn1cc(Br)c(Cl)c(C#N)c1=O. The molecule has 0 aliphatic rings. The van der Waals surface area contributed by atoms with Crippen LogP contribution in [-0.2, 0) is 6.54 Å². The Morgan fingerprint density at radius 1 is 1.67 bits per heavy atom. The molecule has 0 atom stereocenters. The van der Waals surface area contributed by atoms with E-state index in [0.717, 1.165) is 0 Å². The quantitative estimate of drug-likeness (QED) is 0.840. The van der Waals surface area contributed by atoms with Crippen molar-refractivity contribution in [3.05, 3.63) is 31.6 Å². The van der Waals surface area contributed by atoms with Gasteiger partial charge in [0.15, 0.2) is 0 Å². The second kappa shape index (κ2) is 4.82. The van der Waals surface area contributed by atoms with Crippen LogP contribution in [0.15, 0.2) is 15.5 Å². The van der Waals surface area contributed by atoms with Crippen molar-refractivity contribution in [1.29, 1.82) is 5.26 Å². The van der Waals surface area contributed by atoms with Gasteiger partial charge in [-0.15, -0.1) is 0 Å². The maximum Gasteiger partial charge on any atom is 0.270 e. The van der Waals surface area contributed by atoms with E-state index < -0.39 is 0 Å². The van der Waals surface area contributed by atoms with Gasteiger partial charge in [-0.25, -0.2) is 0 Å². The van der Waals surface area contributed by atoms with Crippen LogP contribution in [0.3, 0.4) is 0 Å². The standard InChI is InChI=1S/C10H10BrClN2O/c1-6(2)4-14-5-8(11)9(12)7(3-13)10(14)15/h5-6H,4H2,1-2H3. The number of hydrogen-bond donors (Lipinski definition) is 0. The average Bonchev–Trinajstić information content (AvgIpc) is 2.14. The number of pyridine rings is 1. The fraction of sp³-hybridized carbons (Fsp3) is 0.400. The summed E-state index contributed by atoms with van der Waals surface area (Å²) in [6, 6.07) is 1.82. The molecule has 1 aromatic rings. The lowest BCUT2D eigenvalue weighted by Crippen LogP contribution is -2.24. The molecule has 1 aromatic heterocycles. The first-order chi connectivity index (χ1) is 6.97. The average molecular weight is 290 g/mol. The molecule has 0 N–H and O–H groups in total. The lowest BCUT2D eigenvalue weighted by atomic mass is 10.2. The molecule has 1 rings (SSSR count). The summed E-state index contributed by atoms with van der Waals surface area (Å²) in [6.07, 6.45) is 1.62. The van der Waals surface area contributed by atoms with Crippen LogP contribution in [0.4, 0.5) is 0 Å². The van der Waals surface area contributed by atoms with Crippen molar-refractivity contribution in [2.75, 3.05) is 0 Å². The Bertz CT molecular complexity index is 474.